The van der Waals surface area contributed by atoms with Gasteiger partial charge >= 0.3 is 0 Å². The summed E-state index contributed by atoms with van der Waals surface area (Å²) in [6.07, 6.45) is 8.35. The molecule has 0 amide bonds. The van der Waals surface area contributed by atoms with Gasteiger partial charge in [0.2, 0.25) is 5.88 Å². The van der Waals surface area contributed by atoms with Gasteiger partial charge in [-0.3, -0.25) is 4.68 Å². The normalized spacial score (nSPS) is 15.1. The Morgan fingerprint density at radius 3 is 2.87 bits per heavy atom. The zero-order valence-corrected chi connectivity index (χ0v) is 17.9. The molecule has 1 saturated heterocycles. The van der Waals surface area contributed by atoms with Gasteiger partial charge in [0.05, 0.1) is 36.3 Å². The maximum atomic E-state index is 6.41. The highest BCUT2D eigenvalue weighted by molar-refractivity contribution is 7.05. The summed E-state index contributed by atoms with van der Waals surface area (Å²) < 4.78 is 20.2. The van der Waals surface area contributed by atoms with Crippen LogP contribution in [0.15, 0.2) is 30.7 Å². The number of ether oxygens (including phenoxy) is 2. The predicted molar refractivity (Wildman–Crippen MR) is 114 cm³/mol. The van der Waals surface area contributed by atoms with Crippen molar-refractivity contribution in [3.63, 3.8) is 0 Å². The lowest BCUT2D eigenvalue weighted by Crippen LogP contribution is -2.26. The molecular weight excluding hydrogens is 400 g/mol. The largest absolute Gasteiger partial charge is 0.473 e. The molecule has 1 fully saturated rings. The van der Waals surface area contributed by atoms with Crippen molar-refractivity contribution in [1.82, 2.24) is 28.7 Å². The van der Waals surface area contributed by atoms with Gasteiger partial charge in [-0.25, -0.2) is 4.98 Å². The van der Waals surface area contributed by atoms with Crippen molar-refractivity contribution in [3.8, 4) is 11.6 Å². The lowest BCUT2D eigenvalue weighted by molar-refractivity contribution is 0.0242. The summed E-state index contributed by atoms with van der Waals surface area (Å²) in [5, 5.41) is 4.41. The van der Waals surface area contributed by atoms with Crippen molar-refractivity contribution >= 4 is 22.6 Å². The van der Waals surface area contributed by atoms with E-state index in [-0.39, 0.29) is 6.10 Å². The molecule has 156 valence electrons. The minimum atomic E-state index is 0.0945. The Labute approximate surface area is 178 Å². The van der Waals surface area contributed by atoms with E-state index >= 15 is 0 Å². The summed E-state index contributed by atoms with van der Waals surface area (Å²) in [5.74, 6) is 1.37. The molecule has 4 aromatic rings. The first-order valence-electron chi connectivity index (χ1n) is 10.3. The second-order valence-electron chi connectivity index (χ2n) is 7.46. The monoisotopic (exact) mass is 424 g/mol. The second-order valence-corrected chi connectivity index (χ2v) is 8.35. The van der Waals surface area contributed by atoms with E-state index in [1.54, 1.807) is 0 Å². The van der Waals surface area contributed by atoms with Crippen molar-refractivity contribution in [1.29, 1.82) is 0 Å². The van der Waals surface area contributed by atoms with Gasteiger partial charge in [0.15, 0.2) is 0 Å². The first-order valence-corrected chi connectivity index (χ1v) is 11.0. The van der Waals surface area contributed by atoms with Crippen LogP contribution in [0.25, 0.3) is 16.7 Å². The molecule has 1 aliphatic heterocycles. The van der Waals surface area contributed by atoms with Gasteiger partial charge in [-0.15, -0.1) is 0 Å². The van der Waals surface area contributed by atoms with E-state index in [1.165, 1.54) is 11.5 Å². The van der Waals surface area contributed by atoms with Gasteiger partial charge < -0.3 is 14.0 Å². The van der Waals surface area contributed by atoms with Crippen molar-refractivity contribution < 1.29 is 9.47 Å². The van der Waals surface area contributed by atoms with E-state index in [0.717, 1.165) is 65.7 Å². The predicted octanol–water partition coefficient (Wildman–Crippen LogP) is 3.55. The van der Waals surface area contributed by atoms with E-state index < -0.39 is 0 Å². The maximum absolute atomic E-state index is 6.41. The van der Waals surface area contributed by atoms with Crippen LogP contribution in [0.2, 0.25) is 0 Å². The van der Waals surface area contributed by atoms with E-state index in [4.69, 9.17) is 19.4 Å². The van der Waals surface area contributed by atoms with Crippen molar-refractivity contribution in [2.75, 3.05) is 13.2 Å². The molecule has 0 saturated carbocycles. The highest BCUT2D eigenvalue weighted by Crippen LogP contribution is 2.29. The zero-order valence-electron chi connectivity index (χ0n) is 17.1. The van der Waals surface area contributed by atoms with Crippen molar-refractivity contribution in [3.05, 3.63) is 47.1 Å². The van der Waals surface area contributed by atoms with Crippen LogP contribution in [0.5, 0.6) is 5.88 Å². The van der Waals surface area contributed by atoms with Crippen LogP contribution in [0.3, 0.4) is 0 Å². The van der Waals surface area contributed by atoms with Gasteiger partial charge in [-0.2, -0.15) is 14.5 Å². The maximum Gasteiger partial charge on any atom is 0.242 e. The highest BCUT2D eigenvalue weighted by Gasteiger charge is 2.21. The number of rotatable bonds is 6. The fourth-order valence-corrected chi connectivity index (χ4v) is 4.42. The molecule has 5 rings (SSSR count). The fourth-order valence-electron chi connectivity index (χ4n) is 3.69. The summed E-state index contributed by atoms with van der Waals surface area (Å²) in [6, 6.07) is 4.10. The molecule has 1 aliphatic rings. The van der Waals surface area contributed by atoms with Gasteiger partial charge in [-0.05, 0) is 37.5 Å². The molecule has 8 nitrogen and oxygen atoms in total. The number of fused-ring (bicyclic) bond motifs is 1. The third-order valence-electron chi connectivity index (χ3n) is 5.23. The SMILES string of the molecule is CCn1cc(-n2ccc3nc(Cc4cc(C)ns4)nc(OC4CCOCC4)c32)cn1. The second kappa shape index (κ2) is 8.16. The topological polar surface area (TPSA) is 79.9 Å². The third-order valence-corrected chi connectivity index (χ3v) is 6.10. The number of nitrogens with zero attached hydrogens (tertiary/aromatic N) is 6. The lowest BCUT2D eigenvalue weighted by Gasteiger charge is -2.23. The van der Waals surface area contributed by atoms with Gasteiger partial charge in [0.1, 0.15) is 17.4 Å². The van der Waals surface area contributed by atoms with Crippen LogP contribution in [-0.2, 0) is 17.7 Å². The molecule has 0 N–H and O–H groups in total. The third kappa shape index (κ3) is 3.82. The molecule has 0 atom stereocenters. The molecule has 0 aliphatic carbocycles. The molecule has 0 spiro atoms. The van der Waals surface area contributed by atoms with E-state index in [2.05, 4.69) is 27.0 Å². The fraction of sp³-hybridized carbons (Fsp3) is 0.429. The smallest absolute Gasteiger partial charge is 0.242 e. The van der Waals surface area contributed by atoms with Crippen LogP contribution in [0.4, 0.5) is 0 Å². The van der Waals surface area contributed by atoms with Gasteiger partial charge in [0, 0.05) is 43.1 Å². The summed E-state index contributed by atoms with van der Waals surface area (Å²) in [6.45, 7) is 6.33. The molecule has 4 aromatic heterocycles. The van der Waals surface area contributed by atoms with Crippen LogP contribution < -0.4 is 4.74 Å². The first kappa shape index (κ1) is 19.2. The zero-order chi connectivity index (χ0) is 20.5. The first-order chi connectivity index (χ1) is 14.7. The molecule has 0 aromatic carbocycles. The number of hydrogen-bond donors (Lipinski definition) is 0. The minimum absolute atomic E-state index is 0.0945. The average molecular weight is 425 g/mol. The summed E-state index contributed by atoms with van der Waals surface area (Å²) in [4.78, 5) is 10.8. The molecule has 0 unspecified atom stereocenters. The molecule has 5 heterocycles. The van der Waals surface area contributed by atoms with Crippen molar-refractivity contribution in [2.24, 2.45) is 0 Å². The Balaban J connectivity index is 1.57. The summed E-state index contributed by atoms with van der Waals surface area (Å²) >= 11 is 1.50. The van der Waals surface area contributed by atoms with Crippen LogP contribution in [0, 0.1) is 6.92 Å². The summed E-state index contributed by atoms with van der Waals surface area (Å²) in [7, 11) is 0. The number of aromatic nitrogens is 6. The quantitative estimate of drug-likeness (QED) is 0.471. The molecule has 9 heteroatoms. The van der Waals surface area contributed by atoms with Crippen molar-refractivity contribution in [2.45, 2.75) is 45.8 Å². The Morgan fingerprint density at radius 2 is 2.13 bits per heavy atom. The van der Waals surface area contributed by atoms with E-state index in [1.807, 2.05) is 36.3 Å². The van der Waals surface area contributed by atoms with Gasteiger partial charge in [-0.1, -0.05) is 0 Å². The Kier molecular flexibility index (Phi) is 5.22. The van der Waals surface area contributed by atoms with Crippen LogP contribution in [-0.4, -0.2) is 48.0 Å². The standard InChI is InChI=1S/C21H24N6O2S/c1-3-26-13-15(12-22-26)27-7-4-18-20(27)21(29-16-5-8-28-9-6-16)24-19(23-18)11-17-10-14(2)25-30-17/h4,7,10,12-13,16H,3,5-6,8-9,11H2,1-2H3. The van der Waals surface area contributed by atoms with Gasteiger partial charge in [0.25, 0.3) is 0 Å². The Hall–Kier alpha value is -2.78. The molecular formula is C21H24N6O2S. The lowest BCUT2D eigenvalue weighted by atomic mass is 10.1. The van der Waals surface area contributed by atoms with Crippen LogP contribution in [0.1, 0.15) is 36.2 Å². The van der Waals surface area contributed by atoms with E-state index in [9.17, 15) is 0 Å². The average Bonchev–Trinajstić information content (AvgIpc) is 3.48. The number of aryl methyl sites for hydroxylation is 2. The Morgan fingerprint density at radius 1 is 1.27 bits per heavy atom. The molecule has 0 radical (unpaired) electrons. The summed E-state index contributed by atoms with van der Waals surface area (Å²) in [5.41, 5.74) is 3.74. The number of hydrogen-bond acceptors (Lipinski definition) is 7. The molecule has 30 heavy (non-hydrogen) atoms. The van der Waals surface area contributed by atoms with E-state index in [0.29, 0.717) is 12.3 Å². The Bertz CT molecular complexity index is 1160. The highest BCUT2D eigenvalue weighted by atomic mass is 32.1. The molecule has 0 bridgehead atoms. The van der Waals surface area contributed by atoms with Crippen LogP contribution >= 0.6 is 11.5 Å². The minimum Gasteiger partial charge on any atom is -0.473 e.